The Morgan fingerprint density at radius 1 is 1.26 bits per heavy atom. The predicted molar refractivity (Wildman–Crippen MR) is 102 cm³/mol. The first-order chi connectivity index (χ1) is 13.0. The standard InChI is InChI=1S/C21H23N3O3/c1-14-11-17(4-5-18(14)15-6-9-22-10-7-15)23-20(27)24-12-16-3-2-8-21(16,13-24)19(25)26/h4-7,9-11,16H,2-3,8,12-13H2,1H3,(H,23,27)(H,25,26)/t16-,21+/m0/s1. The number of aryl methyl sites for hydroxylation is 1. The van der Waals surface area contributed by atoms with E-state index in [2.05, 4.69) is 10.3 Å². The Hall–Kier alpha value is -2.89. The number of aliphatic carboxylic acids is 1. The van der Waals surface area contributed by atoms with E-state index in [1.54, 1.807) is 17.3 Å². The summed E-state index contributed by atoms with van der Waals surface area (Å²) >= 11 is 0. The van der Waals surface area contributed by atoms with Crippen molar-refractivity contribution < 1.29 is 14.7 Å². The Morgan fingerprint density at radius 2 is 2.04 bits per heavy atom. The Bertz CT molecular complexity index is 883. The molecule has 2 heterocycles. The van der Waals surface area contributed by atoms with Crippen LogP contribution in [0.2, 0.25) is 0 Å². The lowest BCUT2D eigenvalue weighted by molar-refractivity contribution is -0.149. The van der Waals surface area contributed by atoms with E-state index in [1.807, 2.05) is 37.3 Å². The van der Waals surface area contributed by atoms with Crippen LogP contribution in [-0.4, -0.2) is 40.1 Å². The van der Waals surface area contributed by atoms with Crippen molar-refractivity contribution in [3.8, 4) is 11.1 Å². The summed E-state index contributed by atoms with van der Waals surface area (Å²) in [6.45, 7) is 2.82. The fourth-order valence-electron chi connectivity index (χ4n) is 4.59. The molecular weight excluding hydrogens is 342 g/mol. The molecule has 4 rings (SSSR count). The molecule has 2 fully saturated rings. The second-order valence-electron chi connectivity index (χ2n) is 7.63. The van der Waals surface area contributed by atoms with Gasteiger partial charge in [0.05, 0.1) is 5.41 Å². The molecule has 27 heavy (non-hydrogen) atoms. The first kappa shape index (κ1) is 17.5. The Balaban J connectivity index is 1.48. The molecule has 1 saturated carbocycles. The van der Waals surface area contributed by atoms with E-state index >= 15 is 0 Å². The molecule has 2 atom stereocenters. The van der Waals surface area contributed by atoms with Gasteiger partial charge in [-0.25, -0.2) is 4.79 Å². The molecule has 2 aromatic rings. The molecule has 1 aromatic heterocycles. The van der Waals surface area contributed by atoms with Crippen LogP contribution in [0.4, 0.5) is 10.5 Å². The van der Waals surface area contributed by atoms with Crippen LogP contribution in [0, 0.1) is 18.3 Å². The minimum atomic E-state index is -0.766. The molecule has 6 nitrogen and oxygen atoms in total. The molecule has 1 aliphatic carbocycles. The third kappa shape index (κ3) is 3.05. The number of nitrogens with one attached hydrogen (secondary N) is 1. The molecule has 1 aliphatic heterocycles. The van der Waals surface area contributed by atoms with E-state index < -0.39 is 11.4 Å². The van der Waals surface area contributed by atoms with E-state index in [0.717, 1.165) is 35.2 Å². The lowest BCUT2D eigenvalue weighted by Gasteiger charge is -2.23. The number of anilines is 1. The molecule has 6 heteroatoms. The molecule has 0 radical (unpaired) electrons. The van der Waals surface area contributed by atoms with Gasteiger partial charge in [0.2, 0.25) is 0 Å². The number of hydrogen-bond donors (Lipinski definition) is 2. The summed E-state index contributed by atoms with van der Waals surface area (Å²) in [5, 5.41) is 12.6. The minimum Gasteiger partial charge on any atom is -0.481 e. The molecule has 1 saturated heterocycles. The topological polar surface area (TPSA) is 82.5 Å². The Labute approximate surface area is 158 Å². The molecule has 0 spiro atoms. The highest BCUT2D eigenvalue weighted by Gasteiger charge is 2.55. The SMILES string of the molecule is Cc1cc(NC(=O)N2C[C@@H]3CCC[C@@]3(C(=O)O)C2)ccc1-c1ccncc1. The minimum absolute atomic E-state index is 0.0663. The summed E-state index contributed by atoms with van der Waals surface area (Å²) in [4.78, 5) is 30.2. The van der Waals surface area contributed by atoms with Crippen LogP contribution in [0.15, 0.2) is 42.7 Å². The summed E-state index contributed by atoms with van der Waals surface area (Å²) in [5.41, 5.74) is 3.20. The zero-order chi connectivity index (χ0) is 19.0. The molecule has 0 unspecified atom stereocenters. The lowest BCUT2D eigenvalue weighted by Crippen LogP contribution is -2.38. The van der Waals surface area contributed by atoms with Crippen molar-refractivity contribution in [2.75, 3.05) is 18.4 Å². The maximum absolute atomic E-state index is 12.7. The number of fused-ring (bicyclic) bond motifs is 1. The Kier molecular flexibility index (Phi) is 4.34. The third-order valence-corrected chi connectivity index (χ3v) is 6.05. The van der Waals surface area contributed by atoms with Gasteiger partial charge in [-0.05, 0) is 66.6 Å². The Morgan fingerprint density at radius 3 is 2.70 bits per heavy atom. The average Bonchev–Trinajstić information content (AvgIpc) is 3.21. The van der Waals surface area contributed by atoms with Crippen LogP contribution in [0.1, 0.15) is 24.8 Å². The molecule has 0 bridgehead atoms. The highest BCUT2D eigenvalue weighted by molar-refractivity contribution is 5.91. The van der Waals surface area contributed by atoms with Crippen molar-refractivity contribution >= 4 is 17.7 Å². The fourth-order valence-corrected chi connectivity index (χ4v) is 4.59. The van der Waals surface area contributed by atoms with E-state index in [1.165, 1.54) is 0 Å². The summed E-state index contributed by atoms with van der Waals surface area (Å²) in [6.07, 6.45) is 5.99. The number of rotatable bonds is 3. The summed E-state index contributed by atoms with van der Waals surface area (Å²) in [7, 11) is 0. The van der Waals surface area contributed by atoms with Crippen LogP contribution in [0.25, 0.3) is 11.1 Å². The van der Waals surface area contributed by atoms with E-state index in [-0.39, 0.29) is 11.9 Å². The number of likely N-dealkylation sites (tertiary alicyclic amines) is 1. The highest BCUT2D eigenvalue weighted by Crippen LogP contribution is 2.48. The van der Waals surface area contributed by atoms with Gasteiger partial charge in [-0.15, -0.1) is 0 Å². The van der Waals surface area contributed by atoms with Crippen molar-refractivity contribution in [2.24, 2.45) is 11.3 Å². The number of carboxylic acids is 1. The normalized spacial score (nSPS) is 23.9. The lowest BCUT2D eigenvalue weighted by atomic mass is 9.81. The highest BCUT2D eigenvalue weighted by atomic mass is 16.4. The predicted octanol–water partition coefficient (Wildman–Crippen LogP) is 3.78. The number of nitrogens with zero attached hydrogens (tertiary/aromatic N) is 2. The maximum Gasteiger partial charge on any atom is 0.321 e. The maximum atomic E-state index is 12.7. The van der Waals surface area contributed by atoms with Crippen molar-refractivity contribution in [2.45, 2.75) is 26.2 Å². The first-order valence-corrected chi connectivity index (χ1v) is 9.30. The second-order valence-corrected chi connectivity index (χ2v) is 7.63. The van der Waals surface area contributed by atoms with Gasteiger partial charge in [-0.1, -0.05) is 12.5 Å². The molecule has 2 amide bonds. The van der Waals surface area contributed by atoms with Gasteiger partial charge in [0.15, 0.2) is 0 Å². The van der Waals surface area contributed by atoms with Crippen molar-refractivity contribution in [3.05, 3.63) is 48.3 Å². The van der Waals surface area contributed by atoms with Gasteiger partial charge in [-0.3, -0.25) is 9.78 Å². The smallest absolute Gasteiger partial charge is 0.321 e. The van der Waals surface area contributed by atoms with Crippen molar-refractivity contribution in [1.29, 1.82) is 0 Å². The van der Waals surface area contributed by atoms with E-state index in [0.29, 0.717) is 19.5 Å². The van der Waals surface area contributed by atoms with Gasteiger partial charge in [0.1, 0.15) is 0 Å². The first-order valence-electron chi connectivity index (χ1n) is 9.30. The number of benzene rings is 1. The number of aromatic nitrogens is 1. The van der Waals surface area contributed by atoms with Crippen LogP contribution in [0.5, 0.6) is 0 Å². The number of carbonyl (C=O) groups is 2. The zero-order valence-electron chi connectivity index (χ0n) is 15.3. The molecule has 140 valence electrons. The van der Waals surface area contributed by atoms with E-state index in [9.17, 15) is 14.7 Å². The van der Waals surface area contributed by atoms with Crippen molar-refractivity contribution in [3.63, 3.8) is 0 Å². The van der Waals surface area contributed by atoms with Gasteiger partial charge >= 0.3 is 12.0 Å². The van der Waals surface area contributed by atoms with Crippen LogP contribution in [0.3, 0.4) is 0 Å². The summed E-state index contributed by atoms with van der Waals surface area (Å²) in [5.74, 6) is -0.700. The van der Waals surface area contributed by atoms with Crippen LogP contribution in [-0.2, 0) is 4.79 Å². The quantitative estimate of drug-likeness (QED) is 0.867. The van der Waals surface area contributed by atoms with Gasteiger partial charge < -0.3 is 15.3 Å². The zero-order valence-corrected chi connectivity index (χ0v) is 15.3. The molecule has 2 aliphatic rings. The summed E-state index contributed by atoms with van der Waals surface area (Å²) < 4.78 is 0. The molecular formula is C21H23N3O3. The fraction of sp³-hybridized carbons (Fsp3) is 0.381. The van der Waals surface area contributed by atoms with Gasteiger partial charge in [-0.2, -0.15) is 0 Å². The number of amides is 2. The van der Waals surface area contributed by atoms with Gasteiger partial charge in [0, 0.05) is 31.2 Å². The number of carbonyl (C=O) groups excluding carboxylic acids is 1. The average molecular weight is 365 g/mol. The number of urea groups is 1. The van der Waals surface area contributed by atoms with Crippen molar-refractivity contribution in [1.82, 2.24) is 9.88 Å². The van der Waals surface area contributed by atoms with Gasteiger partial charge in [0.25, 0.3) is 0 Å². The largest absolute Gasteiger partial charge is 0.481 e. The monoisotopic (exact) mass is 365 g/mol. The second kappa shape index (κ2) is 6.68. The molecule has 2 N–H and O–H groups in total. The van der Waals surface area contributed by atoms with E-state index in [4.69, 9.17) is 0 Å². The number of hydrogen-bond acceptors (Lipinski definition) is 3. The number of pyridine rings is 1. The third-order valence-electron chi connectivity index (χ3n) is 6.05. The number of carboxylic acid groups (broad SMARTS) is 1. The van der Waals surface area contributed by atoms with Crippen LogP contribution < -0.4 is 5.32 Å². The van der Waals surface area contributed by atoms with Crippen LogP contribution >= 0.6 is 0 Å². The summed E-state index contributed by atoms with van der Waals surface area (Å²) in [6, 6.07) is 9.49. The molecule has 1 aromatic carbocycles.